The van der Waals surface area contributed by atoms with Crippen molar-refractivity contribution in [2.45, 2.75) is 39.0 Å². The van der Waals surface area contributed by atoms with Gasteiger partial charge in [0.2, 0.25) is 0 Å². The second-order valence-electron chi connectivity index (χ2n) is 5.61. The van der Waals surface area contributed by atoms with Crippen LogP contribution in [0.1, 0.15) is 49.4 Å². The molecule has 0 bridgehead atoms. The molecule has 1 aromatic carbocycles. The number of Topliss-reactive ketones (excluding diaryl/α,β-unsaturated/α-hetero) is 1. The molecule has 0 radical (unpaired) electrons. The number of carbonyl (C=O) groups excluding carboxylic acids is 1. The van der Waals surface area contributed by atoms with Gasteiger partial charge in [0, 0.05) is 5.56 Å². The van der Waals surface area contributed by atoms with Gasteiger partial charge < -0.3 is 9.64 Å². The van der Waals surface area contributed by atoms with Crippen molar-refractivity contribution in [1.82, 2.24) is 0 Å². The lowest BCUT2D eigenvalue weighted by Crippen LogP contribution is -3.12. The maximum Gasteiger partial charge on any atom is 0.168 e. The largest absolute Gasteiger partial charge is 0.494 e. The van der Waals surface area contributed by atoms with Crippen molar-refractivity contribution in [2.24, 2.45) is 0 Å². The van der Waals surface area contributed by atoms with Gasteiger partial charge in [0.1, 0.15) is 5.75 Å². The SMILES string of the molecule is CCCOc1ccc(C(=O)CC[NH+]2CCCCC2)cc1. The number of quaternary nitrogens is 1. The van der Waals surface area contributed by atoms with Crippen molar-refractivity contribution in [1.29, 1.82) is 0 Å². The summed E-state index contributed by atoms with van der Waals surface area (Å²) >= 11 is 0. The molecule has 0 aromatic heterocycles. The smallest absolute Gasteiger partial charge is 0.168 e. The zero-order chi connectivity index (χ0) is 14.2. The molecule has 0 aliphatic carbocycles. The van der Waals surface area contributed by atoms with Crippen molar-refractivity contribution >= 4 is 5.78 Å². The highest BCUT2D eigenvalue weighted by atomic mass is 16.5. The number of hydrogen-bond donors (Lipinski definition) is 1. The topological polar surface area (TPSA) is 30.7 Å². The number of nitrogens with one attached hydrogen (secondary N) is 1. The van der Waals surface area contributed by atoms with Crippen LogP contribution in [0.5, 0.6) is 5.75 Å². The Balaban J connectivity index is 1.79. The Bertz CT molecular complexity index is 408. The van der Waals surface area contributed by atoms with E-state index in [2.05, 4.69) is 6.92 Å². The van der Waals surface area contributed by atoms with Crippen LogP contribution in [0.3, 0.4) is 0 Å². The van der Waals surface area contributed by atoms with E-state index in [-0.39, 0.29) is 5.78 Å². The second kappa shape index (κ2) is 8.05. The Morgan fingerprint density at radius 1 is 1.15 bits per heavy atom. The molecule has 3 heteroatoms. The first-order valence-electron chi connectivity index (χ1n) is 7.89. The summed E-state index contributed by atoms with van der Waals surface area (Å²) in [6, 6.07) is 7.57. The van der Waals surface area contributed by atoms with Crippen LogP contribution in [0.25, 0.3) is 0 Å². The Hall–Kier alpha value is -1.35. The summed E-state index contributed by atoms with van der Waals surface area (Å²) < 4.78 is 5.53. The zero-order valence-corrected chi connectivity index (χ0v) is 12.5. The van der Waals surface area contributed by atoms with E-state index in [0.29, 0.717) is 6.42 Å². The second-order valence-corrected chi connectivity index (χ2v) is 5.61. The number of rotatable bonds is 7. The maximum atomic E-state index is 12.2. The predicted molar refractivity (Wildman–Crippen MR) is 80.6 cm³/mol. The van der Waals surface area contributed by atoms with E-state index >= 15 is 0 Å². The van der Waals surface area contributed by atoms with E-state index in [4.69, 9.17) is 4.74 Å². The Labute approximate surface area is 121 Å². The average Bonchev–Trinajstić information content (AvgIpc) is 2.52. The van der Waals surface area contributed by atoms with Gasteiger partial charge >= 0.3 is 0 Å². The fourth-order valence-corrected chi connectivity index (χ4v) is 2.69. The number of piperidine rings is 1. The standard InChI is InChI=1S/C17H25NO2/c1-2-14-20-16-8-6-15(7-9-16)17(19)10-13-18-11-4-3-5-12-18/h6-9H,2-5,10-14H2,1H3/p+1. The summed E-state index contributed by atoms with van der Waals surface area (Å²) in [5, 5.41) is 0. The van der Waals surface area contributed by atoms with E-state index in [1.807, 2.05) is 24.3 Å². The minimum Gasteiger partial charge on any atom is -0.494 e. The van der Waals surface area contributed by atoms with Crippen LogP contribution in [0.15, 0.2) is 24.3 Å². The lowest BCUT2D eigenvalue weighted by Gasteiger charge is -2.23. The van der Waals surface area contributed by atoms with Gasteiger partial charge in [-0.15, -0.1) is 0 Å². The average molecular weight is 276 g/mol. The van der Waals surface area contributed by atoms with Crippen LogP contribution < -0.4 is 9.64 Å². The van der Waals surface area contributed by atoms with Crippen molar-refractivity contribution < 1.29 is 14.4 Å². The molecule has 0 amide bonds. The van der Waals surface area contributed by atoms with Crippen LogP contribution in [0, 0.1) is 0 Å². The molecule has 0 spiro atoms. The highest BCUT2D eigenvalue weighted by Gasteiger charge is 2.15. The van der Waals surface area contributed by atoms with Crippen LogP contribution in [-0.4, -0.2) is 32.0 Å². The molecular formula is C17H26NO2+. The van der Waals surface area contributed by atoms with Gasteiger partial charge in [-0.2, -0.15) is 0 Å². The third-order valence-electron chi connectivity index (χ3n) is 3.92. The fraction of sp³-hybridized carbons (Fsp3) is 0.588. The van der Waals surface area contributed by atoms with Crippen LogP contribution in [0.4, 0.5) is 0 Å². The molecular weight excluding hydrogens is 250 g/mol. The summed E-state index contributed by atoms with van der Waals surface area (Å²) in [4.78, 5) is 13.7. The van der Waals surface area contributed by atoms with E-state index < -0.39 is 0 Å². The minimum absolute atomic E-state index is 0.255. The van der Waals surface area contributed by atoms with E-state index in [0.717, 1.165) is 30.9 Å². The molecule has 1 aliphatic heterocycles. The van der Waals surface area contributed by atoms with Gasteiger partial charge in [-0.1, -0.05) is 6.92 Å². The van der Waals surface area contributed by atoms with Gasteiger partial charge in [0.05, 0.1) is 32.7 Å². The lowest BCUT2D eigenvalue weighted by molar-refractivity contribution is -0.904. The quantitative estimate of drug-likeness (QED) is 0.773. The number of ether oxygens (including phenoxy) is 1. The molecule has 0 saturated carbocycles. The fourth-order valence-electron chi connectivity index (χ4n) is 2.69. The molecule has 1 saturated heterocycles. The van der Waals surface area contributed by atoms with Crippen LogP contribution in [-0.2, 0) is 0 Å². The third kappa shape index (κ3) is 4.64. The number of hydrogen-bond acceptors (Lipinski definition) is 2. The number of benzene rings is 1. The number of likely N-dealkylation sites (tertiary alicyclic amines) is 1. The Morgan fingerprint density at radius 3 is 2.50 bits per heavy atom. The normalized spacial score (nSPS) is 16.1. The number of carbonyl (C=O) groups is 1. The van der Waals surface area contributed by atoms with Gasteiger partial charge in [0.15, 0.2) is 5.78 Å². The van der Waals surface area contributed by atoms with E-state index in [1.54, 1.807) is 4.90 Å². The Morgan fingerprint density at radius 2 is 1.85 bits per heavy atom. The minimum atomic E-state index is 0.255. The van der Waals surface area contributed by atoms with Crippen molar-refractivity contribution in [3.05, 3.63) is 29.8 Å². The highest BCUT2D eigenvalue weighted by molar-refractivity contribution is 5.96. The first-order valence-corrected chi connectivity index (χ1v) is 7.89. The summed E-state index contributed by atoms with van der Waals surface area (Å²) in [5.41, 5.74) is 0.810. The molecule has 1 aliphatic rings. The maximum absolute atomic E-state index is 12.2. The molecule has 0 unspecified atom stereocenters. The molecule has 1 fully saturated rings. The van der Waals surface area contributed by atoms with Crippen molar-refractivity contribution in [3.63, 3.8) is 0 Å². The summed E-state index contributed by atoms with van der Waals surface area (Å²) in [7, 11) is 0. The van der Waals surface area contributed by atoms with Gasteiger partial charge in [0.25, 0.3) is 0 Å². The van der Waals surface area contributed by atoms with Crippen LogP contribution >= 0.6 is 0 Å². The molecule has 1 aromatic rings. The summed E-state index contributed by atoms with van der Waals surface area (Å²) in [6.45, 7) is 6.26. The number of ketones is 1. The van der Waals surface area contributed by atoms with Gasteiger partial charge in [-0.05, 0) is 49.9 Å². The first kappa shape index (κ1) is 15.0. The molecule has 0 atom stereocenters. The zero-order valence-electron chi connectivity index (χ0n) is 12.5. The first-order chi connectivity index (χ1) is 9.79. The van der Waals surface area contributed by atoms with Crippen molar-refractivity contribution in [3.8, 4) is 5.75 Å². The van der Waals surface area contributed by atoms with Crippen molar-refractivity contribution in [2.75, 3.05) is 26.2 Å². The van der Waals surface area contributed by atoms with Crippen LogP contribution in [0.2, 0.25) is 0 Å². The van der Waals surface area contributed by atoms with Gasteiger partial charge in [-0.3, -0.25) is 4.79 Å². The summed E-state index contributed by atoms with van der Waals surface area (Å²) in [6.07, 6.45) is 5.64. The Kier molecular flexibility index (Phi) is 6.06. The molecule has 3 nitrogen and oxygen atoms in total. The molecule has 110 valence electrons. The third-order valence-corrected chi connectivity index (χ3v) is 3.92. The molecule has 1 heterocycles. The molecule has 20 heavy (non-hydrogen) atoms. The van der Waals surface area contributed by atoms with E-state index in [1.165, 1.54) is 32.4 Å². The monoisotopic (exact) mass is 276 g/mol. The highest BCUT2D eigenvalue weighted by Crippen LogP contribution is 2.13. The molecule has 1 N–H and O–H groups in total. The summed E-state index contributed by atoms with van der Waals surface area (Å²) in [5.74, 6) is 1.11. The predicted octanol–water partition coefficient (Wildman–Crippen LogP) is 2.12. The molecule has 2 rings (SSSR count). The van der Waals surface area contributed by atoms with Gasteiger partial charge in [-0.25, -0.2) is 0 Å². The van der Waals surface area contributed by atoms with E-state index in [9.17, 15) is 4.79 Å². The lowest BCUT2D eigenvalue weighted by atomic mass is 10.1.